The van der Waals surface area contributed by atoms with Gasteiger partial charge in [-0.25, -0.2) is 4.98 Å². The molecule has 2 N–H and O–H groups in total. The molecule has 1 fully saturated rings. The molecule has 104 valence electrons. The average molecular weight is 282 g/mol. The predicted molar refractivity (Wildman–Crippen MR) is 77.3 cm³/mol. The van der Waals surface area contributed by atoms with E-state index in [-0.39, 0.29) is 5.91 Å². The van der Waals surface area contributed by atoms with E-state index in [1.165, 1.54) is 0 Å². The van der Waals surface area contributed by atoms with Crippen LogP contribution in [0.1, 0.15) is 26.7 Å². The Labute approximate surface area is 118 Å². The van der Waals surface area contributed by atoms with Crippen molar-refractivity contribution in [2.75, 3.05) is 18.4 Å². The van der Waals surface area contributed by atoms with Crippen LogP contribution in [0.25, 0.3) is 0 Å². The van der Waals surface area contributed by atoms with Crippen LogP contribution in [-0.2, 0) is 4.79 Å². The molecule has 1 saturated heterocycles. The maximum Gasteiger partial charge on any atom is 0.231 e. The minimum absolute atomic E-state index is 0.00373. The summed E-state index contributed by atoms with van der Waals surface area (Å²) < 4.78 is 0. The second-order valence-corrected chi connectivity index (χ2v) is 6.01. The smallest absolute Gasteiger partial charge is 0.231 e. The second-order valence-electron chi connectivity index (χ2n) is 5.58. The van der Waals surface area contributed by atoms with Crippen molar-refractivity contribution in [2.45, 2.75) is 26.7 Å². The Morgan fingerprint density at radius 1 is 1.58 bits per heavy atom. The third-order valence-corrected chi connectivity index (χ3v) is 4.10. The average Bonchev–Trinajstić information content (AvgIpc) is 2.39. The number of halogens is 1. The van der Waals surface area contributed by atoms with Crippen LogP contribution in [0, 0.1) is 11.3 Å². The van der Waals surface area contributed by atoms with E-state index in [1.807, 2.05) is 13.8 Å². The number of carbonyl (C=O) groups is 1. The molecule has 1 aromatic rings. The zero-order valence-corrected chi connectivity index (χ0v) is 12.1. The molecule has 2 rings (SSSR count). The molecule has 0 radical (unpaired) electrons. The lowest BCUT2D eigenvalue weighted by molar-refractivity contribution is -0.127. The maximum atomic E-state index is 12.4. The number of nitrogens with one attached hydrogen (secondary N) is 2. The first-order valence-electron chi connectivity index (χ1n) is 6.64. The van der Waals surface area contributed by atoms with Crippen LogP contribution in [0.4, 0.5) is 5.82 Å². The van der Waals surface area contributed by atoms with Gasteiger partial charge in [0.25, 0.3) is 0 Å². The molecule has 1 aliphatic heterocycles. The monoisotopic (exact) mass is 281 g/mol. The van der Waals surface area contributed by atoms with Gasteiger partial charge in [0.15, 0.2) is 0 Å². The summed E-state index contributed by atoms with van der Waals surface area (Å²) in [5, 5.41) is 6.78. The molecule has 2 heterocycles. The standard InChI is InChI=1S/C14H20ClN3O/c1-14(2,10-4-3-6-16-9-10)13(19)18-12-8-11(15)5-7-17-12/h5,7-8,10,16H,3-4,6,9H2,1-2H3,(H,17,18,19). The van der Waals surface area contributed by atoms with Gasteiger partial charge < -0.3 is 10.6 Å². The predicted octanol–water partition coefficient (Wildman–Crippen LogP) is 2.70. The van der Waals surface area contributed by atoms with Crippen LogP contribution in [0.15, 0.2) is 18.3 Å². The Morgan fingerprint density at radius 3 is 3.00 bits per heavy atom. The first-order chi connectivity index (χ1) is 9.00. The van der Waals surface area contributed by atoms with Gasteiger partial charge in [-0.2, -0.15) is 0 Å². The Morgan fingerprint density at radius 2 is 2.37 bits per heavy atom. The van der Waals surface area contributed by atoms with E-state index in [2.05, 4.69) is 15.6 Å². The van der Waals surface area contributed by atoms with Gasteiger partial charge in [-0.3, -0.25) is 4.79 Å². The van der Waals surface area contributed by atoms with Crippen LogP contribution < -0.4 is 10.6 Å². The fourth-order valence-electron chi connectivity index (χ4n) is 2.40. The van der Waals surface area contributed by atoms with Crippen LogP contribution in [-0.4, -0.2) is 24.0 Å². The largest absolute Gasteiger partial charge is 0.316 e. The van der Waals surface area contributed by atoms with Gasteiger partial charge >= 0.3 is 0 Å². The Balaban J connectivity index is 2.05. The minimum atomic E-state index is -0.419. The molecule has 0 aliphatic carbocycles. The Hall–Kier alpha value is -1.13. The third kappa shape index (κ3) is 3.45. The van der Waals surface area contributed by atoms with Gasteiger partial charge in [-0.05, 0) is 44.0 Å². The number of hydrogen-bond donors (Lipinski definition) is 2. The van der Waals surface area contributed by atoms with E-state index in [1.54, 1.807) is 18.3 Å². The highest BCUT2D eigenvalue weighted by Crippen LogP contribution is 2.32. The van der Waals surface area contributed by atoms with Crippen molar-refractivity contribution in [1.29, 1.82) is 0 Å². The quantitative estimate of drug-likeness (QED) is 0.896. The molecule has 1 unspecified atom stereocenters. The highest BCUT2D eigenvalue weighted by molar-refractivity contribution is 6.30. The number of hydrogen-bond acceptors (Lipinski definition) is 3. The van der Waals surface area contributed by atoms with Crippen molar-refractivity contribution in [3.63, 3.8) is 0 Å². The van der Waals surface area contributed by atoms with Crippen molar-refractivity contribution in [3.8, 4) is 0 Å². The normalized spacial score (nSPS) is 20.1. The van der Waals surface area contributed by atoms with Gasteiger partial charge in [0.05, 0.1) is 0 Å². The number of piperidine rings is 1. The lowest BCUT2D eigenvalue weighted by Crippen LogP contribution is -2.44. The molecular weight excluding hydrogens is 262 g/mol. The topological polar surface area (TPSA) is 54.0 Å². The lowest BCUT2D eigenvalue weighted by Gasteiger charge is -2.35. The number of anilines is 1. The summed E-state index contributed by atoms with van der Waals surface area (Å²) in [4.78, 5) is 16.5. The van der Waals surface area contributed by atoms with E-state index in [4.69, 9.17) is 11.6 Å². The Bertz CT molecular complexity index is 456. The molecule has 0 bridgehead atoms. The first kappa shape index (κ1) is 14.3. The number of pyridine rings is 1. The lowest BCUT2D eigenvalue weighted by atomic mass is 9.74. The van der Waals surface area contributed by atoms with Crippen molar-refractivity contribution < 1.29 is 4.79 Å². The number of amides is 1. The fraction of sp³-hybridized carbons (Fsp3) is 0.571. The van der Waals surface area contributed by atoms with E-state index in [0.717, 1.165) is 25.9 Å². The van der Waals surface area contributed by atoms with Crippen LogP contribution >= 0.6 is 11.6 Å². The molecule has 1 amide bonds. The van der Waals surface area contributed by atoms with Crippen molar-refractivity contribution >= 4 is 23.3 Å². The highest BCUT2D eigenvalue weighted by atomic mass is 35.5. The summed E-state index contributed by atoms with van der Waals surface area (Å²) >= 11 is 5.89. The van der Waals surface area contributed by atoms with Gasteiger partial charge in [0, 0.05) is 16.6 Å². The fourth-order valence-corrected chi connectivity index (χ4v) is 2.56. The van der Waals surface area contributed by atoms with Crippen LogP contribution in [0.2, 0.25) is 5.02 Å². The van der Waals surface area contributed by atoms with Crippen molar-refractivity contribution in [2.24, 2.45) is 11.3 Å². The summed E-state index contributed by atoms with van der Waals surface area (Å²) in [5.41, 5.74) is -0.419. The minimum Gasteiger partial charge on any atom is -0.316 e. The summed E-state index contributed by atoms with van der Waals surface area (Å²) in [7, 11) is 0. The molecule has 19 heavy (non-hydrogen) atoms. The maximum absolute atomic E-state index is 12.4. The SMILES string of the molecule is CC(C)(C(=O)Nc1cc(Cl)ccn1)C1CCCNC1. The molecule has 1 aliphatic rings. The molecule has 1 aromatic heterocycles. The van der Waals surface area contributed by atoms with Crippen molar-refractivity contribution in [3.05, 3.63) is 23.4 Å². The van der Waals surface area contributed by atoms with E-state index in [9.17, 15) is 4.79 Å². The van der Waals surface area contributed by atoms with Crippen LogP contribution in [0.3, 0.4) is 0 Å². The van der Waals surface area contributed by atoms with Gasteiger partial charge in [0.1, 0.15) is 5.82 Å². The highest BCUT2D eigenvalue weighted by Gasteiger charge is 2.37. The van der Waals surface area contributed by atoms with Gasteiger partial charge in [0.2, 0.25) is 5.91 Å². The van der Waals surface area contributed by atoms with E-state index >= 15 is 0 Å². The van der Waals surface area contributed by atoms with E-state index in [0.29, 0.717) is 16.8 Å². The summed E-state index contributed by atoms with van der Waals surface area (Å²) in [6, 6.07) is 3.35. The van der Waals surface area contributed by atoms with Crippen LogP contribution in [0.5, 0.6) is 0 Å². The molecule has 0 saturated carbocycles. The zero-order chi connectivity index (χ0) is 13.9. The summed E-state index contributed by atoms with van der Waals surface area (Å²) in [5.74, 6) is 0.853. The molecule has 4 nitrogen and oxygen atoms in total. The summed E-state index contributed by atoms with van der Waals surface area (Å²) in [6.07, 6.45) is 3.79. The number of rotatable bonds is 3. The van der Waals surface area contributed by atoms with Crippen molar-refractivity contribution in [1.82, 2.24) is 10.3 Å². The number of aromatic nitrogens is 1. The molecule has 0 aromatic carbocycles. The third-order valence-electron chi connectivity index (χ3n) is 3.87. The number of carbonyl (C=O) groups excluding carboxylic acids is 1. The van der Waals surface area contributed by atoms with Gasteiger partial charge in [-0.1, -0.05) is 25.4 Å². The molecular formula is C14H20ClN3O. The Kier molecular flexibility index (Phi) is 4.42. The van der Waals surface area contributed by atoms with E-state index < -0.39 is 5.41 Å². The molecule has 0 spiro atoms. The van der Waals surface area contributed by atoms with Gasteiger partial charge in [-0.15, -0.1) is 0 Å². The number of nitrogens with zero attached hydrogens (tertiary/aromatic N) is 1. The second kappa shape index (κ2) is 5.88. The molecule has 5 heteroatoms. The zero-order valence-electron chi connectivity index (χ0n) is 11.4. The first-order valence-corrected chi connectivity index (χ1v) is 7.01. The summed E-state index contributed by atoms with van der Waals surface area (Å²) in [6.45, 7) is 5.92. The molecule has 1 atom stereocenters.